The van der Waals surface area contributed by atoms with Crippen LogP contribution in [0.1, 0.15) is 10.4 Å². The van der Waals surface area contributed by atoms with Gasteiger partial charge in [0.15, 0.2) is 0 Å². The SMILES string of the molecule is O=C(Nc1ccc(N2CCOCC2)cc1)c1ccc(Cl)c(S(=O)(=O)Nc2ccccc2)c1. The molecule has 32 heavy (non-hydrogen) atoms. The van der Waals surface area contributed by atoms with Crippen LogP contribution in [0.2, 0.25) is 5.02 Å². The molecule has 1 fully saturated rings. The van der Waals surface area contributed by atoms with Crippen molar-refractivity contribution in [3.63, 3.8) is 0 Å². The molecule has 2 N–H and O–H groups in total. The van der Waals surface area contributed by atoms with Crippen LogP contribution in [-0.4, -0.2) is 40.6 Å². The summed E-state index contributed by atoms with van der Waals surface area (Å²) in [7, 11) is -3.97. The van der Waals surface area contributed by atoms with Crippen LogP contribution >= 0.6 is 11.6 Å². The lowest BCUT2D eigenvalue weighted by Crippen LogP contribution is -2.36. The number of carbonyl (C=O) groups is 1. The maximum atomic E-state index is 12.8. The van der Waals surface area contributed by atoms with Crippen LogP contribution < -0.4 is 14.9 Å². The zero-order valence-corrected chi connectivity index (χ0v) is 18.7. The van der Waals surface area contributed by atoms with Gasteiger partial charge in [0.2, 0.25) is 0 Å². The summed E-state index contributed by atoms with van der Waals surface area (Å²) in [5.41, 5.74) is 2.24. The molecule has 1 saturated heterocycles. The van der Waals surface area contributed by atoms with Gasteiger partial charge in [0.25, 0.3) is 15.9 Å². The van der Waals surface area contributed by atoms with Gasteiger partial charge < -0.3 is 15.0 Å². The standard InChI is InChI=1S/C23H22ClN3O4S/c24-21-11-6-17(16-22(21)32(29,30)26-19-4-2-1-3-5-19)23(28)25-18-7-9-20(10-8-18)27-12-14-31-15-13-27/h1-11,16,26H,12-15H2,(H,25,28). The molecule has 166 valence electrons. The fourth-order valence-corrected chi connectivity index (χ4v) is 4.93. The van der Waals surface area contributed by atoms with E-state index in [-0.39, 0.29) is 15.5 Å². The first kappa shape index (κ1) is 22.1. The Morgan fingerprint density at radius 3 is 2.28 bits per heavy atom. The highest BCUT2D eigenvalue weighted by molar-refractivity contribution is 7.92. The highest BCUT2D eigenvalue weighted by atomic mass is 35.5. The van der Waals surface area contributed by atoms with Crippen LogP contribution in [0.4, 0.5) is 17.1 Å². The van der Waals surface area contributed by atoms with Crippen LogP contribution in [0.25, 0.3) is 0 Å². The highest BCUT2D eigenvalue weighted by Gasteiger charge is 2.21. The van der Waals surface area contributed by atoms with E-state index in [2.05, 4.69) is 14.9 Å². The van der Waals surface area contributed by atoms with Crippen molar-refractivity contribution in [1.82, 2.24) is 0 Å². The minimum atomic E-state index is -3.97. The van der Waals surface area contributed by atoms with Gasteiger partial charge in [-0.3, -0.25) is 9.52 Å². The van der Waals surface area contributed by atoms with E-state index in [1.807, 2.05) is 24.3 Å². The normalized spacial score (nSPS) is 14.1. The number of ether oxygens (including phenoxy) is 1. The molecule has 7 nitrogen and oxygen atoms in total. The fourth-order valence-electron chi connectivity index (χ4n) is 3.35. The third-order valence-corrected chi connectivity index (χ3v) is 6.87. The van der Waals surface area contributed by atoms with E-state index in [1.165, 1.54) is 18.2 Å². The molecule has 0 radical (unpaired) electrons. The van der Waals surface area contributed by atoms with Crippen molar-refractivity contribution >= 4 is 44.6 Å². The zero-order chi connectivity index (χ0) is 22.6. The number of sulfonamides is 1. The number of rotatable bonds is 6. The van der Waals surface area contributed by atoms with Gasteiger partial charge in [-0.2, -0.15) is 0 Å². The lowest BCUT2D eigenvalue weighted by Gasteiger charge is -2.28. The predicted octanol–water partition coefficient (Wildman–Crippen LogP) is 4.23. The Morgan fingerprint density at radius 2 is 1.59 bits per heavy atom. The summed E-state index contributed by atoms with van der Waals surface area (Å²) in [5.74, 6) is -0.433. The Balaban J connectivity index is 1.49. The van der Waals surface area contributed by atoms with Gasteiger partial charge in [-0.15, -0.1) is 0 Å². The van der Waals surface area contributed by atoms with Crippen LogP contribution in [0.15, 0.2) is 77.7 Å². The Morgan fingerprint density at radius 1 is 0.906 bits per heavy atom. The van der Waals surface area contributed by atoms with Crippen LogP contribution in [0.3, 0.4) is 0 Å². The molecule has 1 aliphatic heterocycles. The van der Waals surface area contributed by atoms with Crippen molar-refractivity contribution in [1.29, 1.82) is 0 Å². The molecule has 0 bridgehead atoms. The summed E-state index contributed by atoms with van der Waals surface area (Å²) in [6.45, 7) is 3.04. The molecule has 1 aliphatic rings. The third kappa shape index (κ3) is 5.21. The zero-order valence-electron chi connectivity index (χ0n) is 17.1. The van der Waals surface area contributed by atoms with Crippen LogP contribution in [0.5, 0.6) is 0 Å². The average Bonchev–Trinajstić information content (AvgIpc) is 2.80. The maximum absolute atomic E-state index is 12.8. The van der Waals surface area contributed by atoms with Crippen molar-refractivity contribution in [2.75, 3.05) is 41.2 Å². The van der Waals surface area contributed by atoms with Crippen molar-refractivity contribution < 1.29 is 17.9 Å². The number of hydrogen-bond acceptors (Lipinski definition) is 5. The molecule has 0 aromatic heterocycles. The van der Waals surface area contributed by atoms with Crippen molar-refractivity contribution in [2.24, 2.45) is 0 Å². The Hall–Kier alpha value is -3.07. The van der Waals surface area contributed by atoms with Gasteiger partial charge in [-0.05, 0) is 54.6 Å². The average molecular weight is 472 g/mol. The number of nitrogens with one attached hydrogen (secondary N) is 2. The van der Waals surface area contributed by atoms with E-state index < -0.39 is 15.9 Å². The second-order valence-electron chi connectivity index (χ2n) is 7.22. The largest absolute Gasteiger partial charge is 0.378 e. The molecule has 0 atom stereocenters. The summed E-state index contributed by atoms with van der Waals surface area (Å²) in [6, 6.07) is 20.1. The first-order chi connectivity index (χ1) is 15.4. The van der Waals surface area contributed by atoms with Crippen LogP contribution in [0, 0.1) is 0 Å². The molecule has 9 heteroatoms. The molecule has 0 aliphatic carbocycles. The van der Waals surface area contributed by atoms with E-state index in [0.717, 1.165) is 18.8 Å². The topological polar surface area (TPSA) is 87.7 Å². The molecule has 4 rings (SSSR count). The Kier molecular flexibility index (Phi) is 6.64. The molecule has 3 aromatic rings. The van der Waals surface area contributed by atoms with E-state index in [4.69, 9.17) is 16.3 Å². The second-order valence-corrected chi connectivity index (χ2v) is 9.28. The Bertz CT molecular complexity index is 1200. The number of anilines is 3. The maximum Gasteiger partial charge on any atom is 0.263 e. The van der Waals surface area contributed by atoms with Gasteiger partial charge in [0, 0.05) is 35.7 Å². The van der Waals surface area contributed by atoms with E-state index in [9.17, 15) is 13.2 Å². The molecular weight excluding hydrogens is 450 g/mol. The van der Waals surface area contributed by atoms with Gasteiger partial charge in [0.1, 0.15) is 4.90 Å². The van der Waals surface area contributed by atoms with E-state index >= 15 is 0 Å². The number of para-hydroxylation sites is 1. The molecule has 0 spiro atoms. The lowest BCUT2D eigenvalue weighted by molar-refractivity contribution is 0.102. The summed E-state index contributed by atoms with van der Waals surface area (Å²) in [5, 5.41) is 2.82. The van der Waals surface area contributed by atoms with Gasteiger partial charge >= 0.3 is 0 Å². The smallest absolute Gasteiger partial charge is 0.263 e. The minimum absolute atomic E-state index is 0.0276. The molecule has 1 heterocycles. The first-order valence-electron chi connectivity index (χ1n) is 10.0. The van der Waals surface area contributed by atoms with E-state index in [1.54, 1.807) is 30.3 Å². The fraction of sp³-hybridized carbons (Fsp3) is 0.174. The monoisotopic (exact) mass is 471 g/mol. The van der Waals surface area contributed by atoms with Crippen molar-refractivity contribution in [2.45, 2.75) is 4.90 Å². The summed E-state index contributed by atoms with van der Waals surface area (Å²) >= 11 is 6.14. The molecule has 0 saturated carbocycles. The molecular formula is C23H22ClN3O4S. The molecule has 1 amide bonds. The molecule has 0 unspecified atom stereocenters. The number of amides is 1. The number of morpholine rings is 1. The number of carbonyl (C=O) groups excluding carboxylic acids is 1. The third-order valence-electron chi connectivity index (χ3n) is 5.01. The van der Waals surface area contributed by atoms with Gasteiger partial charge in [0.05, 0.1) is 18.2 Å². The van der Waals surface area contributed by atoms with Crippen LogP contribution in [-0.2, 0) is 14.8 Å². The quantitative estimate of drug-likeness (QED) is 0.561. The minimum Gasteiger partial charge on any atom is -0.378 e. The molecule has 3 aromatic carbocycles. The summed E-state index contributed by atoms with van der Waals surface area (Å²) in [6.07, 6.45) is 0. The Labute approximate surface area is 192 Å². The van der Waals surface area contributed by atoms with Crippen molar-refractivity contribution in [3.8, 4) is 0 Å². The van der Waals surface area contributed by atoms with E-state index in [0.29, 0.717) is 24.6 Å². The number of benzene rings is 3. The first-order valence-corrected chi connectivity index (χ1v) is 11.9. The summed E-state index contributed by atoms with van der Waals surface area (Å²) < 4.78 is 33.4. The number of nitrogens with zero attached hydrogens (tertiary/aromatic N) is 1. The number of hydrogen-bond donors (Lipinski definition) is 2. The predicted molar refractivity (Wildman–Crippen MR) is 126 cm³/mol. The summed E-state index contributed by atoms with van der Waals surface area (Å²) in [4.78, 5) is 14.8. The van der Waals surface area contributed by atoms with Crippen molar-refractivity contribution in [3.05, 3.63) is 83.4 Å². The van der Waals surface area contributed by atoms with Gasteiger partial charge in [-0.25, -0.2) is 8.42 Å². The van der Waals surface area contributed by atoms with Gasteiger partial charge in [-0.1, -0.05) is 29.8 Å². The lowest BCUT2D eigenvalue weighted by atomic mass is 10.2. The second kappa shape index (κ2) is 9.60. The highest BCUT2D eigenvalue weighted by Crippen LogP contribution is 2.26. The number of halogens is 1.